The van der Waals surface area contributed by atoms with Crippen LogP contribution in [0.5, 0.6) is 0 Å². The van der Waals surface area contributed by atoms with E-state index in [2.05, 4.69) is 24.1 Å². The summed E-state index contributed by atoms with van der Waals surface area (Å²) in [5.74, 6) is 0.0119. The number of likely N-dealkylation sites (tertiary alicyclic amines) is 1. The quantitative estimate of drug-likeness (QED) is 0.827. The van der Waals surface area contributed by atoms with Crippen molar-refractivity contribution in [2.75, 3.05) is 32.7 Å². The van der Waals surface area contributed by atoms with Crippen molar-refractivity contribution >= 4 is 11.8 Å². The highest BCUT2D eigenvalue weighted by molar-refractivity contribution is 5.94. The molecule has 0 radical (unpaired) electrons. The van der Waals surface area contributed by atoms with Crippen LogP contribution in [0.4, 0.5) is 0 Å². The Morgan fingerprint density at radius 2 is 1.85 bits per heavy atom. The molecule has 2 aliphatic rings. The molecule has 2 heterocycles. The van der Waals surface area contributed by atoms with Crippen molar-refractivity contribution in [3.05, 3.63) is 35.9 Å². The van der Waals surface area contributed by atoms with Gasteiger partial charge in [0.25, 0.3) is 5.91 Å². The number of benzene rings is 1. The van der Waals surface area contributed by atoms with Gasteiger partial charge in [0.15, 0.2) is 0 Å². The number of hydrogen-bond acceptors (Lipinski definition) is 4. The maximum atomic E-state index is 12.7. The Hall–Kier alpha value is -1.92. The molecule has 6 nitrogen and oxygen atoms in total. The summed E-state index contributed by atoms with van der Waals surface area (Å²) < 4.78 is 5.80. The fraction of sp³-hybridized carbons (Fsp3) is 0.619. The van der Waals surface area contributed by atoms with Crippen molar-refractivity contribution in [1.82, 2.24) is 15.1 Å². The van der Waals surface area contributed by atoms with Gasteiger partial charge in [-0.15, -0.1) is 0 Å². The average molecular weight is 373 g/mol. The second kappa shape index (κ2) is 9.33. The molecule has 1 N–H and O–H groups in total. The smallest absolute Gasteiger partial charge is 0.251 e. The number of morpholine rings is 1. The fourth-order valence-electron chi connectivity index (χ4n) is 4.20. The van der Waals surface area contributed by atoms with E-state index < -0.39 is 0 Å². The molecule has 0 saturated carbocycles. The monoisotopic (exact) mass is 373 g/mol. The highest BCUT2D eigenvalue weighted by atomic mass is 16.5. The van der Waals surface area contributed by atoms with Gasteiger partial charge in [0, 0.05) is 50.7 Å². The predicted molar refractivity (Wildman–Crippen MR) is 105 cm³/mol. The van der Waals surface area contributed by atoms with Gasteiger partial charge in [0.1, 0.15) is 0 Å². The predicted octanol–water partition coefficient (Wildman–Crippen LogP) is 1.91. The molecule has 148 valence electrons. The normalized spacial score (nSPS) is 26.1. The zero-order valence-corrected chi connectivity index (χ0v) is 16.4. The summed E-state index contributed by atoms with van der Waals surface area (Å²) in [5.41, 5.74) is 0.625. The first kappa shape index (κ1) is 19.8. The number of ether oxygens (including phenoxy) is 1. The second-order valence-electron chi connectivity index (χ2n) is 7.73. The lowest BCUT2D eigenvalue weighted by molar-refractivity contribution is -0.132. The van der Waals surface area contributed by atoms with Gasteiger partial charge >= 0.3 is 0 Å². The van der Waals surface area contributed by atoms with E-state index in [9.17, 15) is 9.59 Å². The van der Waals surface area contributed by atoms with Crippen molar-refractivity contribution in [3.63, 3.8) is 0 Å². The standard InChI is InChI=1S/C21H31N3O3/c1-16-13-23(14-17(2)27-16)15-19-9-6-12-24(19)20(25)10-11-22-21(26)18-7-4-3-5-8-18/h3-5,7-8,16-17,19H,6,9-15H2,1-2H3,(H,22,26). The number of amides is 2. The largest absolute Gasteiger partial charge is 0.373 e. The summed E-state index contributed by atoms with van der Waals surface area (Å²) in [4.78, 5) is 29.2. The van der Waals surface area contributed by atoms with E-state index >= 15 is 0 Å². The highest BCUT2D eigenvalue weighted by Gasteiger charge is 2.32. The summed E-state index contributed by atoms with van der Waals surface area (Å²) in [5, 5.41) is 2.85. The van der Waals surface area contributed by atoms with Gasteiger partial charge in [-0.05, 0) is 38.8 Å². The Balaban J connectivity index is 1.45. The van der Waals surface area contributed by atoms with Crippen LogP contribution in [0.2, 0.25) is 0 Å². The molecule has 27 heavy (non-hydrogen) atoms. The molecular weight excluding hydrogens is 342 g/mol. The summed E-state index contributed by atoms with van der Waals surface area (Å²) in [6.07, 6.45) is 2.95. The minimum Gasteiger partial charge on any atom is -0.373 e. The molecule has 2 aliphatic heterocycles. The fourth-order valence-corrected chi connectivity index (χ4v) is 4.20. The van der Waals surface area contributed by atoms with Crippen LogP contribution in [0, 0.1) is 0 Å². The first-order valence-corrected chi connectivity index (χ1v) is 10.0. The molecule has 0 aliphatic carbocycles. The van der Waals surface area contributed by atoms with Crippen molar-refractivity contribution < 1.29 is 14.3 Å². The van der Waals surface area contributed by atoms with E-state index in [1.807, 2.05) is 23.1 Å². The topological polar surface area (TPSA) is 61.9 Å². The molecule has 3 atom stereocenters. The van der Waals surface area contributed by atoms with E-state index in [0.29, 0.717) is 18.5 Å². The number of nitrogens with zero attached hydrogens (tertiary/aromatic N) is 2. The van der Waals surface area contributed by atoms with E-state index in [1.165, 1.54) is 0 Å². The zero-order chi connectivity index (χ0) is 19.2. The summed E-state index contributed by atoms with van der Waals surface area (Å²) >= 11 is 0. The molecule has 0 aromatic heterocycles. The molecule has 0 spiro atoms. The molecule has 3 rings (SSSR count). The maximum Gasteiger partial charge on any atom is 0.251 e. The molecule has 2 amide bonds. The van der Waals surface area contributed by atoms with Crippen molar-refractivity contribution in [2.45, 2.75) is 51.4 Å². The number of carbonyl (C=O) groups excluding carboxylic acids is 2. The molecule has 2 fully saturated rings. The van der Waals surface area contributed by atoms with Crippen molar-refractivity contribution in [2.24, 2.45) is 0 Å². The van der Waals surface area contributed by atoms with Crippen LogP contribution < -0.4 is 5.32 Å². The van der Waals surface area contributed by atoms with Crippen molar-refractivity contribution in [3.8, 4) is 0 Å². The maximum absolute atomic E-state index is 12.7. The molecule has 6 heteroatoms. The van der Waals surface area contributed by atoms with E-state index in [-0.39, 0.29) is 30.1 Å². The Labute approximate surface area is 161 Å². The first-order valence-electron chi connectivity index (χ1n) is 10.0. The summed E-state index contributed by atoms with van der Waals surface area (Å²) in [7, 11) is 0. The van der Waals surface area contributed by atoms with E-state index in [1.54, 1.807) is 12.1 Å². The average Bonchev–Trinajstić information content (AvgIpc) is 3.09. The second-order valence-corrected chi connectivity index (χ2v) is 7.73. The minimum atomic E-state index is -0.127. The van der Waals surface area contributed by atoms with Crippen LogP contribution in [0.1, 0.15) is 43.5 Å². The van der Waals surface area contributed by atoms with Crippen LogP contribution >= 0.6 is 0 Å². The lowest BCUT2D eigenvalue weighted by Gasteiger charge is -2.38. The van der Waals surface area contributed by atoms with Crippen LogP contribution in [0.25, 0.3) is 0 Å². The molecule has 0 bridgehead atoms. The third-order valence-corrected chi connectivity index (χ3v) is 5.32. The van der Waals surface area contributed by atoms with Crippen molar-refractivity contribution in [1.29, 1.82) is 0 Å². The lowest BCUT2D eigenvalue weighted by Crippen LogP contribution is -2.51. The van der Waals surface area contributed by atoms with Gasteiger partial charge in [0.05, 0.1) is 12.2 Å². The molecule has 2 saturated heterocycles. The van der Waals surface area contributed by atoms with Crippen LogP contribution in [0.3, 0.4) is 0 Å². The molecule has 3 unspecified atom stereocenters. The van der Waals surface area contributed by atoms with Crippen LogP contribution in [-0.2, 0) is 9.53 Å². The summed E-state index contributed by atoms with van der Waals surface area (Å²) in [6, 6.07) is 9.38. The molecule has 1 aromatic rings. The number of rotatable bonds is 6. The number of carbonyl (C=O) groups is 2. The number of hydrogen-bond donors (Lipinski definition) is 1. The lowest BCUT2D eigenvalue weighted by atomic mass is 10.1. The summed E-state index contributed by atoms with van der Waals surface area (Å²) in [6.45, 7) is 8.18. The van der Waals surface area contributed by atoms with Gasteiger partial charge in [-0.2, -0.15) is 0 Å². The van der Waals surface area contributed by atoms with E-state index in [0.717, 1.165) is 39.0 Å². The Morgan fingerprint density at radius 1 is 1.15 bits per heavy atom. The Morgan fingerprint density at radius 3 is 2.56 bits per heavy atom. The Bertz CT molecular complexity index is 627. The number of nitrogens with one attached hydrogen (secondary N) is 1. The van der Waals surface area contributed by atoms with Gasteiger partial charge in [-0.1, -0.05) is 18.2 Å². The minimum absolute atomic E-state index is 0.127. The van der Waals surface area contributed by atoms with Gasteiger partial charge in [-0.3, -0.25) is 14.5 Å². The Kier molecular flexibility index (Phi) is 6.85. The van der Waals surface area contributed by atoms with Crippen LogP contribution in [-0.4, -0.2) is 72.6 Å². The molecule has 1 aromatic carbocycles. The first-order chi connectivity index (χ1) is 13.0. The third kappa shape index (κ3) is 5.53. The highest BCUT2D eigenvalue weighted by Crippen LogP contribution is 2.21. The van der Waals surface area contributed by atoms with Crippen LogP contribution in [0.15, 0.2) is 30.3 Å². The van der Waals surface area contributed by atoms with E-state index in [4.69, 9.17) is 4.74 Å². The third-order valence-electron chi connectivity index (χ3n) is 5.32. The zero-order valence-electron chi connectivity index (χ0n) is 16.4. The van der Waals surface area contributed by atoms with Gasteiger partial charge < -0.3 is 15.0 Å². The van der Waals surface area contributed by atoms with Gasteiger partial charge in [-0.25, -0.2) is 0 Å². The molecular formula is C21H31N3O3. The SMILES string of the molecule is CC1CN(CC2CCCN2C(=O)CCNC(=O)c2ccccc2)CC(C)O1. The van der Waals surface area contributed by atoms with Gasteiger partial charge in [0.2, 0.25) is 5.91 Å².